The maximum atomic E-state index is 12.1. The van der Waals surface area contributed by atoms with Crippen LogP contribution in [-0.4, -0.2) is 34.7 Å². The molecule has 1 saturated carbocycles. The van der Waals surface area contributed by atoms with Gasteiger partial charge >= 0.3 is 5.97 Å². The predicted octanol–water partition coefficient (Wildman–Crippen LogP) is 4.03. The molecular weight excluding hydrogens is 326 g/mol. The summed E-state index contributed by atoms with van der Waals surface area (Å²) in [7, 11) is 0. The van der Waals surface area contributed by atoms with Crippen molar-refractivity contribution in [3.05, 3.63) is 47.0 Å². The molecule has 0 aromatic heterocycles. The van der Waals surface area contributed by atoms with Crippen molar-refractivity contribution < 1.29 is 14.6 Å². The molecule has 2 aromatic carbocycles. The van der Waals surface area contributed by atoms with E-state index < -0.39 is 0 Å². The topological polar surface area (TPSA) is 49.8 Å². The van der Waals surface area contributed by atoms with Crippen molar-refractivity contribution in [1.29, 1.82) is 0 Å². The Labute approximate surface area is 154 Å². The van der Waals surface area contributed by atoms with E-state index in [1.165, 1.54) is 12.0 Å². The summed E-state index contributed by atoms with van der Waals surface area (Å²) in [5, 5.41) is 12.7. The smallest absolute Gasteiger partial charge is 0.339 e. The number of ether oxygens (including phenoxy) is 1. The van der Waals surface area contributed by atoms with E-state index in [9.17, 15) is 9.90 Å². The zero-order valence-electron chi connectivity index (χ0n) is 15.4. The van der Waals surface area contributed by atoms with Gasteiger partial charge in [-0.1, -0.05) is 44.0 Å². The average molecular weight is 353 g/mol. The zero-order chi connectivity index (χ0) is 18.1. The Morgan fingerprint density at radius 2 is 2.04 bits per heavy atom. The number of hydrogen-bond donors (Lipinski definition) is 1. The minimum Gasteiger partial charge on any atom is -0.457 e. The first kappa shape index (κ1) is 17.5. The number of benzene rings is 2. The van der Waals surface area contributed by atoms with Crippen molar-refractivity contribution in [2.45, 2.75) is 64.3 Å². The van der Waals surface area contributed by atoms with Gasteiger partial charge in [0.1, 0.15) is 6.61 Å². The number of carbonyl (C=O) groups is 1. The molecule has 1 heterocycles. The van der Waals surface area contributed by atoms with Crippen LogP contribution in [0.2, 0.25) is 0 Å². The molecule has 0 spiro atoms. The standard InChI is InChI=1S/C22H27NO3/c1-2-12-23(19-8-3-4-9-20(19)24)13-15-10-11-16-14-26-22(25)18-7-5-6-17(15)21(16)18/h5-7,10-11,19-20,24H,2-4,8-9,12-14H2,1H3/t19-,20-/m1/s1. The summed E-state index contributed by atoms with van der Waals surface area (Å²) in [5.74, 6) is -0.228. The summed E-state index contributed by atoms with van der Waals surface area (Å²) in [5.41, 5.74) is 2.98. The van der Waals surface area contributed by atoms with Crippen molar-refractivity contribution in [3.63, 3.8) is 0 Å². The van der Waals surface area contributed by atoms with Gasteiger partial charge in [0, 0.05) is 18.0 Å². The largest absolute Gasteiger partial charge is 0.457 e. The van der Waals surface area contributed by atoms with Gasteiger partial charge in [0.15, 0.2) is 0 Å². The molecule has 1 aliphatic carbocycles. The van der Waals surface area contributed by atoms with Gasteiger partial charge in [0.25, 0.3) is 0 Å². The van der Waals surface area contributed by atoms with Crippen molar-refractivity contribution in [2.75, 3.05) is 6.54 Å². The Hall–Kier alpha value is -1.91. The van der Waals surface area contributed by atoms with Crippen molar-refractivity contribution in [1.82, 2.24) is 4.90 Å². The van der Waals surface area contributed by atoms with Crippen LogP contribution >= 0.6 is 0 Å². The Kier molecular flexibility index (Phi) is 4.96. The zero-order valence-corrected chi connectivity index (χ0v) is 15.4. The number of aliphatic hydroxyl groups excluding tert-OH is 1. The first-order valence-electron chi connectivity index (χ1n) is 9.81. The van der Waals surface area contributed by atoms with Gasteiger partial charge in [-0.05, 0) is 48.4 Å². The van der Waals surface area contributed by atoms with Gasteiger partial charge in [-0.2, -0.15) is 0 Å². The lowest BCUT2D eigenvalue weighted by Gasteiger charge is -2.38. The van der Waals surface area contributed by atoms with Crippen LogP contribution in [0.25, 0.3) is 10.8 Å². The molecule has 0 radical (unpaired) electrons. The number of hydrogen-bond acceptors (Lipinski definition) is 4. The monoisotopic (exact) mass is 353 g/mol. The molecule has 1 fully saturated rings. The van der Waals surface area contributed by atoms with Gasteiger partial charge in [-0.25, -0.2) is 4.79 Å². The van der Waals surface area contributed by atoms with Gasteiger partial charge < -0.3 is 9.84 Å². The second kappa shape index (κ2) is 7.37. The van der Waals surface area contributed by atoms with E-state index in [1.54, 1.807) is 0 Å². The summed E-state index contributed by atoms with van der Waals surface area (Å²) in [6.07, 6.45) is 5.12. The number of cyclic esters (lactones) is 1. The van der Waals surface area contributed by atoms with Gasteiger partial charge in [-0.15, -0.1) is 0 Å². The SMILES string of the molecule is CCCN(Cc1ccc2c3c(cccc13)C(=O)OC2)[C@@H]1CCCC[C@H]1O. The molecule has 2 aliphatic rings. The van der Waals surface area contributed by atoms with E-state index in [4.69, 9.17) is 4.74 Å². The normalized spacial score (nSPS) is 22.7. The van der Waals surface area contributed by atoms with Crippen LogP contribution in [0.15, 0.2) is 30.3 Å². The van der Waals surface area contributed by atoms with Crippen molar-refractivity contribution in [3.8, 4) is 0 Å². The Bertz CT molecular complexity index is 816. The molecular formula is C22H27NO3. The van der Waals surface area contributed by atoms with Crippen LogP contribution in [0.5, 0.6) is 0 Å². The molecule has 4 heteroatoms. The van der Waals surface area contributed by atoms with Gasteiger partial charge in [0.05, 0.1) is 11.7 Å². The molecule has 2 atom stereocenters. The average Bonchev–Trinajstić information content (AvgIpc) is 2.66. The lowest BCUT2D eigenvalue weighted by Crippen LogP contribution is -2.45. The van der Waals surface area contributed by atoms with Gasteiger partial charge in [-0.3, -0.25) is 4.90 Å². The van der Waals surface area contributed by atoms with Crippen LogP contribution in [0.1, 0.15) is 60.5 Å². The van der Waals surface area contributed by atoms with Crippen LogP contribution in [0, 0.1) is 0 Å². The minimum absolute atomic E-state index is 0.228. The Balaban J connectivity index is 1.71. The second-order valence-electron chi connectivity index (χ2n) is 7.58. The molecule has 26 heavy (non-hydrogen) atoms. The molecule has 0 bridgehead atoms. The molecule has 0 unspecified atom stereocenters. The molecule has 4 nitrogen and oxygen atoms in total. The van der Waals surface area contributed by atoms with E-state index in [0.29, 0.717) is 12.2 Å². The Morgan fingerprint density at radius 3 is 2.85 bits per heavy atom. The molecule has 0 amide bonds. The second-order valence-corrected chi connectivity index (χ2v) is 7.58. The van der Waals surface area contributed by atoms with E-state index in [2.05, 4.69) is 30.0 Å². The van der Waals surface area contributed by atoms with Crippen molar-refractivity contribution in [2.24, 2.45) is 0 Å². The number of aliphatic hydroxyl groups is 1. The molecule has 138 valence electrons. The third kappa shape index (κ3) is 3.12. The maximum Gasteiger partial charge on any atom is 0.339 e. The minimum atomic E-state index is -0.231. The van der Waals surface area contributed by atoms with Crippen molar-refractivity contribution >= 4 is 16.7 Å². The van der Waals surface area contributed by atoms with E-state index >= 15 is 0 Å². The number of esters is 1. The fourth-order valence-corrected chi connectivity index (χ4v) is 4.58. The lowest BCUT2D eigenvalue weighted by atomic mass is 9.90. The van der Waals surface area contributed by atoms with Crippen LogP contribution < -0.4 is 0 Å². The van der Waals surface area contributed by atoms with Gasteiger partial charge in [0.2, 0.25) is 0 Å². The predicted molar refractivity (Wildman–Crippen MR) is 102 cm³/mol. The third-order valence-corrected chi connectivity index (χ3v) is 5.84. The molecule has 1 N–H and O–H groups in total. The number of carbonyl (C=O) groups excluding carboxylic acids is 1. The highest BCUT2D eigenvalue weighted by molar-refractivity contribution is 6.08. The van der Waals surface area contributed by atoms with E-state index in [-0.39, 0.29) is 18.1 Å². The highest BCUT2D eigenvalue weighted by atomic mass is 16.5. The highest BCUT2D eigenvalue weighted by Gasteiger charge is 2.29. The first-order chi connectivity index (χ1) is 12.7. The summed E-state index contributed by atoms with van der Waals surface area (Å²) in [4.78, 5) is 14.6. The molecule has 4 rings (SSSR count). The number of nitrogens with zero attached hydrogens (tertiary/aromatic N) is 1. The molecule has 1 aliphatic heterocycles. The lowest BCUT2D eigenvalue weighted by molar-refractivity contribution is 0.0158. The van der Waals surface area contributed by atoms with E-state index in [0.717, 1.165) is 55.1 Å². The number of rotatable bonds is 5. The quantitative estimate of drug-likeness (QED) is 0.825. The summed E-state index contributed by atoms with van der Waals surface area (Å²) >= 11 is 0. The third-order valence-electron chi connectivity index (χ3n) is 5.84. The highest BCUT2D eigenvalue weighted by Crippen LogP contribution is 2.33. The fourth-order valence-electron chi connectivity index (χ4n) is 4.58. The van der Waals surface area contributed by atoms with E-state index in [1.807, 2.05) is 12.1 Å². The first-order valence-corrected chi connectivity index (χ1v) is 9.81. The summed E-state index contributed by atoms with van der Waals surface area (Å²) < 4.78 is 5.28. The molecule has 0 saturated heterocycles. The Morgan fingerprint density at radius 1 is 1.19 bits per heavy atom. The summed E-state index contributed by atoms with van der Waals surface area (Å²) in [6.45, 7) is 4.33. The molecule has 2 aromatic rings. The summed E-state index contributed by atoms with van der Waals surface area (Å²) in [6, 6.07) is 10.4. The van der Waals surface area contributed by atoms with Crippen LogP contribution in [0.3, 0.4) is 0 Å². The maximum absolute atomic E-state index is 12.1. The van der Waals surface area contributed by atoms with Crippen LogP contribution in [0.4, 0.5) is 0 Å². The van der Waals surface area contributed by atoms with Crippen LogP contribution in [-0.2, 0) is 17.9 Å². The fraction of sp³-hybridized carbons (Fsp3) is 0.500.